The van der Waals surface area contributed by atoms with Crippen molar-refractivity contribution in [3.8, 4) is 0 Å². The van der Waals surface area contributed by atoms with Gasteiger partial charge in [0.1, 0.15) is 0 Å². The number of unbranched alkanes of at least 4 members (excludes halogenated alkanes) is 4. The zero-order valence-electron chi connectivity index (χ0n) is 10.9. The average molecular weight is 227 g/mol. The fourth-order valence-electron chi connectivity index (χ4n) is 1.35. The summed E-state index contributed by atoms with van der Waals surface area (Å²) >= 11 is 0. The second-order valence-corrected chi connectivity index (χ2v) is 4.49. The lowest BCUT2D eigenvalue weighted by atomic mass is 10.1. The molecule has 0 N–H and O–H groups in total. The van der Waals surface area contributed by atoms with Crippen molar-refractivity contribution >= 4 is 5.97 Å². The molecule has 0 radical (unpaired) electrons. The Morgan fingerprint density at radius 3 is 2.25 bits per heavy atom. The zero-order valence-corrected chi connectivity index (χ0v) is 10.9. The minimum atomic E-state index is -0.271. The van der Waals surface area contributed by atoms with Gasteiger partial charge in [0.2, 0.25) is 0 Å². The van der Waals surface area contributed by atoms with E-state index in [1.165, 1.54) is 19.3 Å². The third kappa shape index (κ3) is 9.71. The predicted octanol–water partition coefficient (Wildman–Crippen LogP) is 2.62. The molecule has 0 aliphatic rings. The minimum absolute atomic E-state index is 0.271. The molecular weight excluding hydrogens is 202 g/mol. The van der Waals surface area contributed by atoms with E-state index in [0.29, 0.717) is 12.2 Å². The molecule has 94 valence electrons. The monoisotopic (exact) mass is 227 g/mol. The van der Waals surface area contributed by atoms with Crippen LogP contribution in [0.25, 0.3) is 0 Å². The molecule has 0 atom stereocenters. The zero-order chi connectivity index (χ0) is 12.4. The molecule has 0 bridgehead atoms. The number of esters is 1. The Morgan fingerprint density at radius 2 is 1.69 bits per heavy atom. The molecule has 0 spiro atoms. The SMILES string of the molecule is C=C(C)C(=O)OCCCCCCCN(C)C. The van der Waals surface area contributed by atoms with Crippen LogP contribution in [0, 0.1) is 0 Å². The van der Waals surface area contributed by atoms with Crippen molar-refractivity contribution < 1.29 is 9.53 Å². The molecule has 0 saturated heterocycles. The van der Waals surface area contributed by atoms with Gasteiger partial charge in [-0.3, -0.25) is 0 Å². The smallest absolute Gasteiger partial charge is 0.333 e. The first-order valence-corrected chi connectivity index (χ1v) is 6.01. The highest BCUT2D eigenvalue weighted by Gasteiger charge is 2.01. The Bertz CT molecular complexity index is 212. The van der Waals surface area contributed by atoms with Gasteiger partial charge in [-0.05, 0) is 40.4 Å². The molecule has 0 aromatic heterocycles. The van der Waals surface area contributed by atoms with Crippen molar-refractivity contribution in [2.75, 3.05) is 27.2 Å². The second-order valence-electron chi connectivity index (χ2n) is 4.49. The Morgan fingerprint density at radius 1 is 1.12 bits per heavy atom. The normalized spacial score (nSPS) is 10.5. The van der Waals surface area contributed by atoms with E-state index < -0.39 is 0 Å². The molecule has 0 saturated carbocycles. The molecule has 0 aliphatic carbocycles. The van der Waals surface area contributed by atoms with E-state index in [4.69, 9.17) is 4.74 Å². The standard InChI is InChI=1S/C13H25NO2/c1-12(2)13(15)16-11-9-7-5-6-8-10-14(3)4/h1,5-11H2,2-4H3. The van der Waals surface area contributed by atoms with Crippen molar-refractivity contribution in [2.45, 2.75) is 39.0 Å². The van der Waals surface area contributed by atoms with Crippen LogP contribution in [0.3, 0.4) is 0 Å². The van der Waals surface area contributed by atoms with E-state index in [-0.39, 0.29) is 5.97 Å². The lowest BCUT2D eigenvalue weighted by Crippen LogP contribution is -2.12. The van der Waals surface area contributed by atoms with Crippen molar-refractivity contribution in [1.29, 1.82) is 0 Å². The highest BCUT2D eigenvalue weighted by Crippen LogP contribution is 2.04. The maximum absolute atomic E-state index is 11.0. The van der Waals surface area contributed by atoms with Gasteiger partial charge in [0.05, 0.1) is 6.61 Å². The second kappa shape index (κ2) is 9.40. The van der Waals surface area contributed by atoms with E-state index in [1.54, 1.807) is 6.92 Å². The average Bonchev–Trinajstić information content (AvgIpc) is 2.21. The van der Waals surface area contributed by atoms with Gasteiger partial charge in [-0.2, -0.15) is 0 Å². The molecule has 0 unspecified atom stereocenters. The van der Waals surface area contributed by atoms with Gasteiger partial charge < -0.3 is 9.64 Å². The number of rotatable bonds is 9. The molecule has 0 aromatic rings. The van der Waals surface area contributed by atoms with Crippen LogP contribution in [0.1, 0.15) is 39.0 Å². The van der Waals surface area contributed by atoms with Gasteiger partial charge in [0.25, 0.3) is 0 Å². The van der Waals surface area contributed by atoms with Crippen molar-refractivity contribution in [1.82, 2.24) is 4.90 Å². The first-order chi connectivity index (χ1) is 7.54. The molecule has 0 rings (SSSR count). The summed E-state index contributed by atoms with van der Waals surface area (Å²) in [7, 11) is 4.19. The number of nitrogens with zero attached hydrogens (tertiary/aromatic N) is 1. The van der Waals surface area contributed by atoms with Crippen LogP contribution in [0.4, 0.5) is 0 Å². The van der Waals surface area contributed by atoms with Gasteiger partial charge in [0.15, 0.2) is 0 Å². The Kier molecular flexibility index (Phi) is 8.91. The Balaban J connectivity index is 3.16. The van der Waals surface area contributed by atoms with Gasteiger partial charge in [0, 0.05) is 5.57 Å². The first-order valence-electron chi connectivity index (χ1n) is 6.01. The molecule has 16 heavy (non-hydrogen) atoms. The molecule has 0 aliphatic heterocycles. The van der Waals surface area contributed by atoms with Crippen molar-refractivity contribution in [3.05, 3.63) is 12.2 Å². The summed E-state index contributed by atoms with van der Waals surface area (Å²) < 4.78 is 5.00. The van der Waals surface area contributed by atoms with E-state index in [0.717, 1.165) is 19.4 Å². The van der Waals surface area contributed by atoms with Crippen LogP contribution in [-0.2, 0) is 9.53 Å². The first kappa shape index (κ1) is 15.2. The fraction of sp³-hybridized carbons (Fsp3) is 0.769. The maximum Gasteiger partial charge on any atom is 0.333 e. The van der Waals surface area contributed by atoms with Crippen LogP contribution in [0.5, 0.6) is 0 Å². The Labute approximate surface area is 99.5 Å². The lowest BCUT2D eigenvalue weighted by molar-refractivity contribution is -0.139. The molecule has 3 nitrogen and oxygen atoms in total. The molecular formula is C13H25NO2. The van der Waals surface area contributed by atoms with Gasteiger partial charge in [-0.25, -0.2) is 4.79 Å². The molecule has 0 amide bonds. The Hall–Kier alpha value is -0.830. The van der Waals surface area contributed by atoms with Crippen LogP contribution in [-0.4, -0.2) is 38.1 Å². The summed E-state index contributed by atoms with van der Waals surface area (Å²) in [5.41, 5.74) is 0.478. The fourth-order valence-corrected chi connectivity index (χ4v) is 1.35. The van der Waals surface area contributed by atoms with Crippen LogP contribution >= 0.6 is 0 Å². The molecule has 0 heterocycles. The van der Waals surface area contributed by atoms with E-state index >= 15 is 0 Å². The van der Waals surface area contributed by atoms with Gasteiger partial charge in [-0.1, -0.05) is 25.8 Å². The van der Waals surface area contributed by atoms with E-state index in [2.05, 4.69) is 25.6 Å². The highest BCUT2D eigenvalue weighted by molar-refractivity contribution is 5.86. The van der Waals surface area contributed by atoms with Crippen LogP contribution in [0.2, 0.25) is 0 Å². The van der Waals surface area contributed by atoms with E-state index in [1.807, 2.05) is 0 Å². The number of hydrogen-bond donors (Lipinski definition) is 0. The summed E-state index contributed by atoms with van der Waals surface area (Å²) in [4.78, 5) is 13.2. The summed E-state index contributed by atoms with van der Waals surface area (Å²) in [5, 5.41) is 0. The minimum Gasteiger partial charge on any atom is -0.462 e. The van der Waals surface area contributed by atoms with Gasteiger partial charge in [-0.15, -0.1) is 0 Å². The summed E-state index contributed by atoms with van der Waals surface area (Å²) in [5.74, 6) is -0.271. The van der Waals surface area contributed by atoms with Crippen LogP contribution < -0.4 is 0 Å². The number of carbonyl (C=O) groups excluding carboxylic acids is 1. The predicted molar refractivity (Wildman–Crippen MR) is 67.4 cm³/mol. The van der Waals surface area contributed by atoms with Crippen LogP contribution in [0.15, 0.2) is 12.2 Å². The number of carbonyl (C=O) groups is 1. The summed E-state index contributed by atoms with van der Waals surface area (Å²) in [6.07, 6.45) is 5.82. The lowest BCUT2D eigenvalue weighted by Gasteiger charge is -2.08. The highest BCUT2D eigenvalue weighted by atomic mass is 16.5. The largest absolute Gasteiger partial charge is 0.462 e. The van der Waals surface area contributed by atoms with Crippen molar-refractivity contribution in [3.63, 3.8) is 0 Å². The maximum atomic E-state index is 11.0. The van der Waals surface area contributed by atoms with Crippen molar-refractivity contribution in [2.24, 2.45) is 0 Å². The van der Waals surface area contributed by atoms with Gasteiger partial charge >= 0.3 is 5.97 Å². The third-order valence-electron chi connectivity index (χ3n) is 2.33. The molecule has 0 aromatic carbocycles. The number of ether oxygens (including phenoxy) is 1. The summed E-state index contributed by atoms with van der Waals surface area (Å²) in [6.45, 7) is 6.89. The molecule has 0 fully saturated rings. The quantitative estimate of drug-likeness (QED) is 0.344. The summed E-state index contributed by atoms with van der Waals surface area (Å²) in [6, 6.07) is 0. The topological polar surface area (TPSA) is 29.5 Å². The van der Waals surface area contributed by atoms with E-state index in [9.17, 15) is 4.79 Å². The molecule has 3 heteroatoms. The third-order valence-corrected chi connectivity index (χ3v) is 2.33. The number of hydrogen-bond acceptors (Lipinski definition) is 3.